The van der Waals surface area contributed by atoms with Crippen molar-refractivity contribution in [1.82, 2.24) is 10.2 Å². The number of fused-ring (bicyclic) bond motifs is 1. The van der Waals surface area contributed by atoms with Crippen molar-refractivity contribution in [1.29, 1.82) is 0 Å². The van der Waals surface area contributed by atoms with Crippen molar-refractivity contribution >= 4 is 6.09 Å². The summed E-state index contributed by atoms with van der Waals surface area (Å²) in [5.41, 5.74) is 3.69. The molecule has 1 unspecified atom stereocenters. The zero-order chi connectivity index (χ0) is 17.2. The summed E-state index contributed by atoms with van der Waals surface area (Å²) in [7, 11) is 0. The SMILES string of the molecule is CC(C)(C)OC(=O)N1CCCc2cc(C3CCCNC3)ccc2C1. The minimum Gasteiger partial charge on any atom is -0.444 e. The van der Waals surface area contributed by atoms with E-state index in [0.717, 1.165) is 32.5 Å². The Labute approximate surface area is 145 Å². The number of carbonyl (C=O) groups excluding carboxylic acids is 1. The van der Waals surface area contributed by atoms with E-state index in [4.69, 9.17) is 4.74 Å². The first-order chi connectivity index (χ1) is 11.4. The number of nitrogens with one attached hydrogen (secondary N) is 1. The third kappa shape index (κ3) is 4.29. The number of hydrogen-bond donors (Lipinski definition) is 1. The number of benzene rings is 1. The molecule has 1 fully saturated rings. The van der Waals surface area contributed by atoms with Gasteiger partial charge in [0.15, 0.2) is 0 Å². The van der Waals surface area contributed by atoms with E-state index >= 15 is 0 Å². The molecule has 0 spiro atoms. The monoisotopic (exact) mass is 330 g/mol. The normalized spacial score (nSPS) is 21.8. The van der Waals surface area contributed by atoms with E-state index in [1.807, 2.05) is 25.7 Å². The molecular weight excluding hydrogens is 300 g/mol. The summed E-state index contributed by atoms with van der Waals surface area (Å²) in [4.78, 5) is 14.2. The van der Waals surface area contributed by atoms with E-state index < -0.39 is 5.60 Å². The highest BCUT2D eigenvalue weighted by Crippen LogP contribution is 2.28. The highest BCUT2D eigenvalue weighted by Gasteiger charge is 2.25. The zero-order valence-corrected chi connectivity index (χ0v) is 15.2. The van der Waals surface area contributed by atoms with Gasteiger partial charge in [0.2, 0.25) is 0 Å². The zero-order valence-electron chi connectivity index (χ0n) is 15.2. The molecule has 1 N–H and O–H groups in total. The first-order valence-electron chi connectivity index (χ1n) is 9.23. The number of ether oxygens (including phenoxy) is 1. The van der Waals surface area contributed by atoms with E-state index in [0.29, 0.717) is 12.5 Å². The fraction of sp³-hybridized carbons (Fsp3) is 0.650. The number of piperidine rings is 1. The van der Waals surface area contributed by atoms with E-state index in [9.17, 15) is 4.79 Å². The summed E-state index contributed by atoms with van der Waals surface area (Å²) < 4.78 is 5.55. The minimum atomic E-state index is -0.440. The van der Waals surface area contributed by atoms with Gasteiger partial charge < -0.3 is 15.0 Å². The molecule has 3 rings (SSSR count). The standard InChI is InChI=1S/C20H30N2O2/c1-20(2,3)24-19(23)22-11-5-7-15-12-16(8-9-18(15)14-22)17-6-4-10-21-13-17/h8-9,12,17,21H,4-7,10-11,13-14H2,1-3H3. The molecule has 0 radical (unpaired) electrons. The second kappa shape index (κ2) is 7.14. The fourth-order valence-electron chi connectivity index (χ4n) is 3.65. The van der Waals surface area contributed by atoms with Crippen LogP contribution >= 0.6 is 0 Å². The average Bonchev–Trinajstić information content (AvgIpc) is 2.75. The molecule has 2 aliphatic rings. The highest BCUT2D eigenvalue weighted by atomic mass is 16.6. The lowest BCUT2D eigenvalue weighted by Gasteiger charge is -2.27. The molecular formula is C20H30N2O2. The van der Waals surface area contributed by atoms with Crippen molar-refractivity contribution in [3.8, 4) is 0 Å². The molecule has 2 heterocycles. The Balaban J connectivity index is 1.73. The van der Waals surface area contributed by atoms with Crippen molar-refractivity contribution in [3.05, 3.63) is 34.9 Å². The number of hydrogen-bond acceptors (Lipinski definition) is 3. The Morgan fingerprint density at radius 3 is 2.79 bits per heavy atom. The smallest absolute Gasteiger partial charge is 0.410 e. The van der Waals surface area contributed by atoms with Crippen LogP contribution in [0.4, 0.5) is 4.79 Å². The summed E-state index contributed by atoms with van der Waals surface area (Å²) in [5.74, 6) is 0.634. The predicted molar refractivity (Wildman–Crippen MR) is 96.3 cm³/mol. The first-order valence-corrected chi connectivity index (χ1v) is 9.23. The van der Waals surface area contributed by atoms with Gasteiger partial charge in [-0.15, -0.1) is 0 Å². The Morgan fingerprint density at radius 1 is 1.25 bits per heavy atom. The number of carbonyl (C=O) groups is 1. The van der Waals surface area contributed by atoms with Crippen LogP contribution in [0.5, 0.6) is 0 Å². The average molecular weight is 330 g/mol. The van der Waals surface area contributed by atoms with Gasteiger partial charge in [0.25, 0.3) is 0 Å². The molecule has 0 aromatic heterocycles. The van der Waals surface area contributed by atoms with Crippen LogP contribution in [0, 0.1) is 0 Å². The second-order valence-corrected chi connectivity index (χ2v) is 8.08. The molecule has 0 saturated carbocycles. The van der Waals surface area contributed by atoms with Gasteiger partial charge in [0.1, 0.15) is 5.60 Å². The van der Waals surface area contributed by atoms with Crippen molar-refractivity contribution in [2.24, 2.45) is 0 Å². The van der Waals surface area contributed by atoms with Crippen LogP contribution < -0.4 is 5.32 Å². The molecule has 1 atom stereocenters. The second-order valence-electron chi connectivity index (χ2n) is 8.08. The summed E-state index contributed by atoms with van der Waals surface area (Å²) >= 11 is 0. The van der Waals surface area contributed by atoms with Crippen LogP contribution in [0.25, 0.3) is 0 Å². The molecule has 0 bridgehead atoms. The minimum absolute atomic E-state index is 0.198. The van der Waals surface area contributed by atoms with Gasteiger partial charge in [-0.1, -0.05) is 18.2 Å². The number of rotatable bonds is 1. The van der Waals surface area contributed by atoms with Gasteiger partial charge in [-0.3, -0.25) is 0 Å². The molecule has 2 aliphatic heterocycles. The van der Waals surface area contributed by atoms with E-state index in [1.165, 1.54) is 29.5 Å². The highest BCUT2D eigenvalue weighted by molar-refractivity contribution is 5.68. The molecule has 1 saturated heterocycles. The summed E-state index contributed by atoms with van der Waals surface area (Å²) in [5, 5.41) is 3.50. The van der Waals surface area contributed by atoms with Crippen LogP contribution in [0.1, 0.15) is 62.6 Å². The molecule has 24 heavy (non-hydrogen) atoms. The number of amides is 1. The van der Waals surface area contributed by atoms with E-state index in [2.05, 4.69) is 23.5 Å². The molecule has 1 aromatic rings. The lowest BCUT2D eigenvalue weighted by Crippen LogP contribution is -2.36. The number of aryl methyl sites for hydroxylation is 1. The number of nitrogens with zero attached hydrogens (tertiary/aromatic N) is 1. The van der Waals surface area contributed by atoms with Gasteiger partial charge in [-0.05, 0) is 75.6 Å². The summed E-state index contributed by atoms with van der Waals surface area (Å²) in [6.07, 6.45) is 4.38. The molecule has 4 heteroatoms. The summed E-state index contributed by atoms with van der Waals surface area (Å²) in [6, 6.07) is 6.86. The quantitative estimate of drug-likeness (QED) is 0.851. The fourth-order valence-corrected chi connectivity index (χ4v) is 3.65. The molecule has 1 amide bonds. The van der Waals surface area contributed by atoms with Gasteiger partial charge in [0.05, 0.1) is 0 Å². The topological polar surface area (TPSA) is 41.6 Å². The lowest BCUT2D eigenvalue weighted by atomic mass is 9.89. The van der Waals surface area contributed by atoms with Crippen molar-refractivity contribution in [3.63, 3.8) is 0 Å². The summed E-state index contributed by atoms with van der Waals surface area (Å²) in [6.45, 7) is 9.41. The maximum atomic E-state index is 12.4. The first kappa shape index (κ1) is 17.3. The van der Waals surface area contributed by atoms with Gasteiger partial charge >= 0.3 is 6.09 Å². The third-order valence-corrected chi connectivity index (χ3v) is 4.89. The predicted octanol–water partition coefficient (Wildman–Crippen LogP) is 3.84. The Hall–Kier alpha value is -1.55. The van der Waals surface area contributed by atoms with E-state index in [1.54, 1.807) is 0 Å². The van der Waals surface area contributed by atoms with E-state index in [-0.39, 0.29) is 6.09 Å². The molecule has 1 aromatic carbocycles. The molecule has 4 nitrogen and oxygen atoms in total. The van der Waals surface area contributed by atoms with Gasteiger partial charge in [0, 0.05) is 19.6 Å². The van der Waals surface area contributed by atoms with Crippen LogP contribution in [-0.4, -0.2) is 36.2 Å². The van der Waals surface area contributed by atoms with Gasteiger partial charge in [-0.2, -0.15) is 0 Å². The van der Waals surface area contributed by atoms with Crippen LogP contribution in [-0.2, 0) is 17.7 Å². The van der Waals surface area contributed by atoms with Crippen LogP contribution in [0.2, 0.25) is 0 Å². The lowest BCUT2D eigenvalue weighted by molar-refractivity contribution is 0.0237. The Kier molecular flexibility index (Phi) is 5.14. The van der Waals surface area contributed by atoms with Crippen LogP contribution in [0.15, 0.2) is 18.2 Å². The van der Waals surface area contributed by atoms with Crippen molar-refractivity contribution < 1.29 is 9.53 Å². The maximum Gasteiger partial charge on any atom is 0.410 e. The Morgan fingerprint density at radius 2 is 2.08 bits per heavy atom. The van der Waals surface area contributed by atoms with Crippen molar-refractivity contribution in [2.45, 2.75) is 64.5 Å². The van der Waals surface area contributed by atoms with Crippen molar-refractivity contribution in [2.75, 3.05) is 19.6 Å². The maximum absolute atomic E-state index is 12.4. The molecule has 0 aliphatic carbocycles. The Bertz CT molecular complexity index is 586. The molecule has 132 valence electrons. The van der Waals surface area contributed by atoms with Gasteiger partial charge in [-0.25, -0.2) is 4.79 Å². The largest absolute Gasteiger partial charge is 0.444 e. The van der Waals surface area contributed by atoms with Crippen LogP contribution in [0.3, 0.4) is 0 Å². The third-order valence-electron chi connectivity index (χ3n) is 4.89.